The lowest BCUT2D eigenvalue weighted by Crippen LogP contribution is -2.29. The van der Waals surface area contributed by atoms with Gasteiger partial charge in [0.05, 0.1) is 35.2 Å². The van der Waals surface area contributed by atoms with E-state index in [1.54, 1.807) is 4.68 Å². The van der Waals surface area contributed by atoms with Crippen molar-refractivity contribution in [2.75, 3.05) is 18.5 Å². The van der Waals surface area contributed by atoms with E-state index in [9.17, 15) is 9.59 Å². The number of aryl methyl sites for hydroxylation is 1. The summed E-state index contributed by atoms with van der Waals surface area (Å²) in [4.78, 5) is 33.5. The molecular weight excluding hydrogens is 372 g/mol. The van der Waals surface area contributed by atoms with Crippen LogP contribution in [0.3, 0.4) is 0 Å². The number of nitrogens with zero attached hydrogens (tertiary/aromatic N) is 4. The van der Waals surface area contributed by atoms with Crippen LogP contribution in [0.25, 0.3) is 5.95 Å². The lowest BCUT2D eigenvalue weighted by Gasteiger charge is -2.29. The zero-order valence-electron chi connectivity index (χ0n) is 17.0. The van der Waals surface area contributed by atoms with Gasteiger partial charge in [-0.15, -0.1) is 0 Å². The molecule has 1 saturated heterocycles. The average molecular weight is 398 g/mol. The highest BCUT2D eigenvalue weighted by atomic mass is 16.5. The van der Waals surface area contributed by atoms with Crippen LogP contribution in [-0.2, 0) is 17.6 Å². The number of Topliss-reactive ketones (excluding diaryl/α,β-unsaturated/α-hetero) is 1. The first-order valence-electron chi connectivity index (χ1n) is 9.94. The van der Waals surface area contributed by atoms with Crippen LogP contribution in [0.5, 0.6) is 0 Å². The van der Waals surface area contributed by atoms with E-state index in [4.69, 9.17) is 10.5 Å². The number of ketones is 1. The Morgan fingerprint density at radius 2 is 2.21 bits per heavy atom. The lowest BCUT2D eigenvalue weighted by atomic mass is 9.75. The number of primary amides is 1. The van der Waals surface area contributed by atoms with Crippen molar-refractivity contribution in [2.24, 2.45) is 11.1 Å². The minimum Gasteiger partial charge on any atom is -0.379 e. The van der Waals surface area contributed by atoms with Gasteiger partial charge in [0.15, 0.2) is 5.78 Å². The maximum atomic E-state index is 12.8. The van der Waals surface area contributed by atoms with Gasteiger partial charge >= 0.3 is 0 Å². The fourth-order valence-corrected chi connectivity index (χ4v) is 4.05. The quantitative estimate of drug-likeness (QED) is 0.785. The molecule has 1 aliphatic carbocycles. The summed E-state index contributed by atoms with van der Waals surface area (Å²) in [6.45, 7) is 7.31. The van der Waals surface area contributed by atoms with Crippen molar-refractivity contribution in [3.05, 3.63) is 28.7 Å². The summed E-state index contributed by atoms with van der Waals surface area (Å²) in [6, 6.07) is 0.0501. The lowest BCUT2D eigenvalue weighted by molar-refractivity contribution is 0.0909. The van der Waals surface area contributed by atoms with E-state index in [0.29, 0.717) is 49.8 Å². The summed E-state index contributed by atoms with van der Waals surface area (Å²) in [7, 11) is 0. The predicted molar refractivity (Wildman–Crippen MR) is 106 cm³/mol. The van der Waals surface area contributed by atoms with Gasteiger partial charge in [-0.3, -0.25) is 9.59 Å². The van der Waals surface area contributed by atoms with E-state index in [-0.39, 0.29) is 22.8 Å². The Kier molecular flexibility index (Phi) is 4.85. The molecule has 0 saturated carbocycles. The maximum absolute atomic E-state index is 12.8. The van der Waals surface area contributed by atoms with Crippen molar-refractivity contribution in [1.29, 1.82) is 0 Å². The van der Waals surface area contributed by atoms with Crippen molar-refractivity contribution in [3.63, 3.8) is 0 Å². The highest BCUT2D eigenvalue weighted by molar-refractivity contribution is 6.00. The summed E-state index contributed by atoms with van der Waals surface area (Å²) in [5.41, 5.74) is 7.83. The average Bonchev–Trinajstić information content (AvgIpc) is 3.28. The van der Waals surface area contributed by atoms with Gasteiger partial charge < -0.3 is 15.8 Å². The molecule has 4 rings (SSSR count). The zero-order chi connectivity index (χ0) is 20.8. The van der Waals surface area contributed by atoms with Crippen LogP contribution >= 0.6 is 0 Å². The third-order valence-corrected chi connectivity index (χ3v) is 5.45. The van der Waals surface area contributed by atoms with Gasteiger partial charge in [0.2, 0.25) is 0 Å². The zero-order valence-corrected chi connectivity index (χ0v) is 17.0. The molecule has 2 aromatic rings. The van der Waals surface area contributed by atoms with Crippen LogP contribution < -0.4 is 11.1 Å². The number of nitrogens with two attached hydrogens (primary N) is 1. The normalized spacial score (nSPS) is 20.5. The molecular formula is C20H26N6O3. The minimum atomic E-state index is -0.606. The number of rotatable bonds is 5. The Hall–Kier alpha value is -2.81. The van der Waals surface area contributed by atoms with Gasteiger partial charge in [0.25, 0.3) is 11.9 Å². The second-order valence-electron chi connectivity index (χ2n) is 8.48. The predicted octanol–water partition coefficient (Wildman–Crippen LogP) is 1.68. The number of amides is 1. The molecule has 1 aliphatic heterocycles. The van der Waals surface area contributed by atoms with Crippen LogP contribution in [0.15, 0.2) is 6.20 Å². The Labute approximate surface area is 169 Å². The molecule has 9 nitrogen and oxygen atoms in total. The summed E-state index contributed by atoms with van der Waals surface area (Å²) in [5, 5.41) is 7.89. The van der Waals surface area contributed by atoms with Crippen LogP contribution in [-0.4, -0.2) is 50.7 Å². The first-order chi connectivity index (χ1) is 13.8. The molecule has 1 amide bonds. The molecule has 0 radical (unpaired) electrons. The standard InChI is InChI=1S/C20H26N6O3/c1-4-13-16-14(7-20(2,3)8-15(16)27)26(25-13)19-22-9-12(17(21)28)18(24-19)23-11-5-6-29-10-11/h9,11H,4-8,10H2,1-3H3,(H2,21,28)(H,22,23,24). The summed E-state index contributed by atoms with van der Waals surface area (Å²) in [6.07, 6.45) is 4.07. The second-order valence-corrected chi connectivity index (χ2v) is 8.48. The smallest absolute Gasteiger partial charge is 0.254 e. The third kappa shape index (κ3) is 3.62. The molecule has 0 bridgehead atoms. The summed E-state index contributed by atoms with van der Waals surface area (Å²) < 4.78 is 7.04. The first kappa shape index (κ1) is 19.5. The molecule has 2 aliphatic rings. The fourth-order valence-electron chi connectivity index (χ4n) is 4.05. The number of ether oxygens (including phenoxy) is 1. The monoisotopic (exact) mass is 398 g/mol. The molecule has 9 heteroatoms. The van der Waals surface area contributed by atoms with Crippen LogP contribution in [0.2, 0.25) is 0 Å². The maximum Gasteiger partial charge on any atom is 0.254 e. The van der Waals surface area contributed by atoms with Crippen molar-refractivity contribution < 1.29 is 14.3 Å². The number of fused-ring (bicyclic) bond motifs is 1. The number of carbonyl (C=O) groups is 2. The van der Waals surface area contributed by atoms with Crippen LogP contribution in [0.1, 0.15) is 65.7 Å². The van der Waals surface area contributed by atoms with Gasteiger partial charge in [-0.2, -0.15) is 10.1 Å². The largest absolute Gasteiger partial charge is 0.379 e. The van der Waals surface area contributed by atoms with E-state index in [2.05, 4.69) is 34.2 Å². The molecule has 29 heavy (non-hydrogen) atoms. The van der Waals surface area contributed by atoms with E-state index in [0.717, 1.165) is 17.8 Å². The summed E-state index contributed by atoms with van der Waals surface area (Å²) in [5.74, 6) is 0.181. The van der Waals surface area contributed by atoms with E-state index >= 15 is 0 Å². The molecule has 1 unspecified atom stereocenters. The van der Waals surface area contributed by atoms with Gasteiger partial charge in [0.1, 0.15) is 5.82 Å². The Bertz CT molecular complexity index is 975. The van der Waals surface area contributed by atoms with Crippen LogP contribution in [0.4, 0.5) is 5.82 Å². The van der Waals surface area contributed by atoms with Gasteiger partial charge in [0, 0.05) is 19.2 Å². The minimum absolute atomic E-state index is 0.0501. The van der Waals surface area contributed by atoms with Crippen molar-refractivity contribution in [1.82, 2.24) is 19.7 Å². The van der Waals surface area contributed by atoms with Gasteiger partial charge in [-0.05, 0) is 24.7 Å². The number of nitrogens with one attached hydrogen (secondary N) is 1. The molecule has 1 atom stereocenters. The van der Waals surface area contributed by atoms with Gasteiger partial charge in [-0.1, -0.05) is 20.8 Å². The first-order valence-corrected chi connectivity index (χ1v) is 9.94. The second kappa shape index (κ2) is 7.22. The number of carbonyl (C=O) groups excluding carboxylic acids is 2. The molecule has 2 aromatic heterocycles. The Morgan fingerprint density at radius 1 is 1.41 bits per heavy atom. The van der Waals surface area contributed by atoms with E-state index in [1.807, 2.05) is 6.92 Å². The number of hydrogen-bond donors (Lipinski definition) is 2. The van der Waals surface area contributed by atoms with Gasteiger partial charge in [-0.25, -0.2) is 9.67 Å². The highest BCUT2D eigenvalue weighted by Gasteiger charge is 2.37. The third-order valence-electron chi connectivity index (χ3n) is 5.45. The van der Waals surface area contributed by atoms with Crippen molar-refractivity contribution in [3.8, 4) is 5.95 Å². The van der Waals surface area contributed by atoms with Crippen molar-refractivity contribution in [2.45, 2.75) is 52.5 Å². The molecule has 154 valence electrons. The van der Waals surface area contributed by atoms with E-state index < -0.39 is 5.91 Å². The highest BCUT2D eigenvalue weighted by Crippen LogP contribution is 2.37. The molecule has 3 heterocycles. The molecule has 1 fully saturated rings. The van der Waals surface area contributed by atoms with Crippen molar-refractivity contribution >= 4 is 17.5 Å². The summed E-state index contributed by atoms with van der Waals surface area (Å²) >= 11 is 0. The molecule has 3 N–H and O–H groups in total. The van der Waals surface area contributed by atoms with E-state index in [1.165, 1.54) is 6.20 Å². The number of aromatic nitrogens is 4. The SMILES string of the molecule is CCc1nn(-c2ncc(C(N)=O)c(NC3CCOC3)n2)c2c1C(=O)CC(C)(C)C2. The fraction of sp³-hybridized carbons (Fsp3) is 0.550. The number of anilines is 1. The Morgan fingerprint density at radius 3 is 2.86 bits per heavy atom. The Balaban J connectivity index is 1.81. The topological polar surface area (TPSA) is 125 Å². The number of hydrogen-bond acceptors (Lipinski definition) is 7. The van der Waals surface area contributed by atoms with Crippen LogP contribution in [0, 0.1) is 5.41 Å². The molecule has 0 spiro atoms. The molecule has 0 aromatic carbocycles.